The minimum absolute atomic E-state index is 0.00725. The van der Waals surface area contributed by atoms with Gasteiger partial charge in [-0.1, -0.05) is 36.4 Å². The van der Waals surface area contributed by atoms with Crippen LogP contribution < -0.4 is 5.32 Å². The lowest BCUT2D eigenvalue weighted by atomic mass is 10.1. The fourth-order valence-corrected chi connectivity index (χ4v) is 4.54. The van der Waals surface area contributed by atoms with Gasteiger partial charge in [-0.2, -0.15) is 11.8 Å². The van der Waals surface area contributed by atoms with Crippen molar-refractivity contribution in [1.82, 2.24) is 10.2 Å². The first-order chi connectivity index (χ1) is 19.2. The second-order valence-corrected chi connectivity index (χ2v) is 10.0. The lowest BCUT2D eigenvalue weighted by Gasteiger charge is -2.23. The number of carbonyl (C=O) groups is 2. The SMILES string of the molecule is COC(=O)C(CCSC)NC(=O)c1cccc(CN(Cc2ccc([N+](=O)[O-])cc2)Cc2ccc([N+](=O)[O-])cc2)c1. The van der Waals surface area contributed by atoms with E-state index in [2.05, 4.69) is 10.2 Å². The number of nitrogens with one attached hydrogen (secondary N) is 1. The highest BCUT2D eigenvalue weighted by atomic mass is 32.2. The van der Waals surface area contributed by atoms with E-state index in [0.29, 0.717) is 37.4 Å². The van der Waals surface area contributed by atoms with Gasteiger partial charge in [0.1, 0.15) is 6.04 Å². The van der Waals surface area contributed by atoms with Gasteiger partial charge >= 0.3 is 5.97 Å². The summed E-state index contributed by atoms with van der Waals surface area (Å²) in [6.07, 6.45) is 2.36. The van der Waals surface area contributed by atoms with E-state index in [1.165, 1.54) is 31.4 Å². The fraction of sp³-hybridized carbons (Fsp3) is 0.286. The molecule has 0 heterocycles. The molecule has 11 nitrogen and oxygen atoms in total. The molecule has 12 heteroatoms. The quantitative estimate of drug-likeness (QED) is 0.166. The van der Waals surface area contributed by atoms with Gasteiger partial charge in [-0.15, -0.1) is 0 Å². The van der Waals surface area contributed by atoms with E-state index < -0.39 is 27.8 Å². The van der Waals surface area contributed by atoms with Crippen LogP contribution in [0.3, 0.4) is 0 Å². The van der Waals surface area contributed by atoms with Crippen LogP contribution in [0.1, 0.15) is 33.5 Å². The maximum Gasteiger partial charge on any atom is 0.328 e. The molecular formula is C28H30N4O7S. The third kappa shape index (κ3) is 8.89. The molecule has 1 amide bonds. The molecule has 0 aromatic heterocycles. The van der Waals surface area contributed by atoms with Gasteiger partial charge in [0.2, 0.25) is 0 Å². The highest BCUT2D eigenvalue weighted by Crippen LogP contribution is 2.20. The summed E-state index contributed by atoms with van der Waals surface area (Å²) in [4.78, 5) is 48.3. The topological polar surface area (TPSA) is 145 Å². The predicted octanol–water partition coefficient (Wildman–Crippen LogP) is 4.73. The van der Waals surface area contributed by atoms with E-state index in [9.17, 15) is 29.8 Å². The normalized spacial score (nSPS) is 11.6. The first-order valence-electron chi connectivity index (χ1n) is 12.4. The second kappa shape index (κ2) is 14.8. The number of nitrogens with zero attached hydrogens (tertiary/aromatic N) is 3. The van der Waals surface area contributed by atoms with Crippen LogP contribution in [-0.2, 0) is 29.2 Å². The number of thioether (sulfide) groups is 1. The second-order valence-electron chi connectivity index (χ2n) is 9.02. The number of rotatable bonds is 14. The zero-order valence-corrected chi connectivity index (χ0v) is 23.0. The molecule has 0 saturated heterocycles. The van der Waals surface area contributed by atoms with Gasteiger partial charge < -0.3 is 10.1 Å². The summed E-state index contributed by atoms with van der Waals surface area (Å²) < 4.78 is 4.83. The number of non-ortho nitro benzene ring substituents is 2. The molecule has 0 radical (unpaired) electrons. The van der Waals surface area contributed by atoms with Crippen LogP contribution in [0, 0.1) is 20.2 Å². The summed E-state index contributed by atoms with van der Waals surface area (Å²) in [7, 11) is 1.28. The summed E-state index contributed by atoms with van der Waals surface area (Å²) in [6.45, 7) is 1.29. The predicted molar refractivity (Wildman–Crippen MR) is 152 cm³/mol. The summed E-state index contributed by atoms with van der Waals surface area (Å²) in [5, 5.41) is 24.8. The molecule has 0 saturated carbocycles. The van der Waals surface area contributed by atoms with E-state index in [4.69, 9.17) is 4.74 Å². The average molecular weight is 567 g/mol. The summed E-state index contributed by atoms with van der Waals surface area (Å²) in [6, 6.07) is 18.8. The molecule has 1 atom stereocenters. The summed E-state index contributed by atoms with van der Waals surface area (Å²) >= 11 is 1.56. The molecular weight excluding hydrogens is 536 g/mol. The van der Waals surface area contributed by atoms with E-state index in [1.807, 2.05) is 12.3 Å². The number of methoxy groups -OCH3 is 1. The maximum absolute atomic E-state index is 13.0. The minimum atomic E-state index is -0.755. The monoisotopic (exact) mass is 566 g/mol. The van der Waals surface area contributed by atoms with Gasteiger partial charge in [0.25, 0.3) is 17.3 Å². The Hall–Kier alpha value is -4.29. The number of amides is 1. The lowest BCUT2D eigenvalue weighted by molar-refractivity contribution is -0.385. The van der Waals surface area contributed by atoms with Crippen LogP contribution in [0.4, 0.5) is 11.4 Å². The zero-order valence-electron chi connectivity index (χ0n) is 22.1. The Morgan fingerprint density at radius 1 is 0.875 bits per heavy atom. The molecule has 0 aliphatic rings. The van der Waals surface area contributed by atoms with Gasteiger partial charge in [0.05, 0.1) is 17.0 Å². The molecule has 3 aromatic rings. The molecule has 0 spiro atoms. The van der Waals surface area contributed by atoms with E-state index in [-0.39, 0.29) is 11.4 Å². The summed E-state index contributed by atoms with van der Waals surface area (Å²) in [5.74, 6) is -0.216. The van der Waals surface area contributed by atoms with Crippen LogP contribution in [0.25, 0.3) is 0 Å². The fourth-order valence-electron chi connectivity index (χ4n) is 4.07. The molecule has 3 rings (SSSR count). The van der Waals surface area contributed by atoms with Crippen LogP contribution in [-0.4, -0.2) is 51.8 Å². The number of nitro groups is 2. The Kier molecular flexibility index (Phi) is 11.2. The van der Waals surface area contributed by atoms with Crippen molar-refractivity contribution in [3.05, 3.63) is 115 Å². The highest BCUT2D eigenvalue weighted by molar-refractivity contribution is 7.98. The Labute approximate surface area is 235 Å². The Morgan fingerprint density at radius 2 is 1.40 bits per heavy atom. The number of hydrogen-bond acceptors (Lipinski definition) is 9. The smallest absolute Gasteiger partial charge is 0.328 e. The number of carbonyl (C=O) groups excluding carboxylic acids is 2. The maximum atomic E-state index is 13.0. The van der Waals surface area contributed by atoms with Crippen molar-refractivity contribution in [2.45, 2.75) is 32.1 Å². The molecule has 0 aliphatic carbocycles. The molecule has 1 N–H and O–H groups in total. The molecule has 0 fully saturated rings. The van der Waals surface area contributed by atoms with Crippen LogP contribution >= 0.6 is 11.8 Å². The number of hydrogen-bond donors (Lipinski definition) is 1. The average Bonchev–Trinajstić information content (AvgIpc) is 2.95. The van der Waals surface area contributed by atoms with Crippen molar-refractivity contribution < 1.29 is 24.2 Å². The lowest BCUT2D eigenvalue weighted by Crippen LogP contribution is -2.42. The molecule has 210 valence electrons. The molecule has 0 bridgehead atoms. The Bertz CT molecular complexity index is 1270. The third-order valence-electron chi connectivity index (χ3n) is 6.10. The highest BCUT2D eigenvalue weighted by Gasteiger charge is 2.22. The minimum Gasteiger partial charge on any atom is -0.467 e. The number of nitro benzene ring substituents is 2. The third-order valence-corrected chi connectivity index (χ3v) is 6.75. The number of ether oxygens (including phenoxy) is 1. The molecule has 40 heavy (non-hydrogen) atoms. The van der Waals surface area contributed by atoms with Gasteiger partial charge in [-0.25, -0.2) is 4.79 Å². The van der Waals surface area contributed by atoms with E-state index in [1.54, 1.807) is 54.2 Å². The van der Waals surface area contributed by atoms with Crippen LogP contribution in [0.2, 0.25) is 0 Å². The van der Waals surface area contributed by atoms with Crippen molar-refractivity contribution in [3.8, 4) is 0 Å². The molecule has 1 unspecified atom stereocenters. The van der Waals surface area contributed by atoms with Crippen molar-refractivity contribution in [2.75, 3.05) is 19.1 Å². The van der Waals surface area contributed by atoms with Crippen LogP contribution in [0.5, 0.6) is 0 Å². The van der Waals surface area contributed by atoms with Gasteiger partial charge in [0.15, 0.2) is 0 Å². The number of benzene rings is 3. The first-order valence-corrected chi connectivity index (χ1v) is 13.7. The zero-order chi connectivity index (χ0) is 29.1. The van der Waals surface area contributed by atoms with Crippen LogP contribution in [0.15, 0.2) is 72.8 Å². The van der Waals surface area contributed by atoms with Crippen molar-refractivity contribution >= 4 is 35.0 Å². The first kappa shape index (κ1) is 30.3. The van der Waals surface area contributed by atoms with E-state index in [0.717, 1.165) is 16.7 Å². The van der Waals surface area contributed by atoms with Gasteiger partial charge in [-0.3, -0.25) is 29.9 Å². The van der Waals surface area contributed by atoms with Crippen molar-refractivity contribution in [3.63, 3.8) is 0 Å². The van der Waals surface area contributed by atoms with Crippen molar-refractivity contribution in [1.29, 1.82) is 0 Å². The molecule has 3 aromatic carbocycles. The Balaban J connectivity index is 1.81. The summed E-state index contributed by atoms with van der Waals surface area (Å²) in [5.41, 5.74) is 2.89. The van der Waals surface area contributed by atoms with Crippen molar-refractivity contribution in [2.24, 2.45) is 0 Å². The molecule has 0 aliphatic heterocycles. The standard InChI is InChI=1S/C28H30N4O7S/c1-39-28(34)26(14-15-40-2)29-27(33)23-5-3-4-22(16-23)19-30(17-20-6-10-24(11-7-20)31(35)36)18-21-8-12-25(13-9-21)32(37)38/h3-13,16,26H,14-15,17-19H2,1-2H3,(H,29,33). The van der Waals surface area contributed by atoms with Gasteiger partial charge in [0, 0.05) is 49.5 Å². The largest absolute Gasteiger partial charge is 0.467 e. The Morgan fingerprint density at radius 3 is 1.88 bits per heavy atom. The van der Waals surface area contributed by atoms with E-state index >= 15 is 0 Å². The van der Waals surface area contributed by atoms with Gasteiger partial charge in [-0.05, 0) is 47.3 Å². The number of esters is 1.